The number of amides is 1. The standard InChI is InChI=1S/C18H23N3O3/c1-3-4-5-9-12-19-17(23)21-13-15(14-10-7-6-8-11-14)16(22)20(2)18(21)24/h6-8,10-11,13H,3-5,9,12H2,1-2H3,(H,19,23). The first-order valence-corrected chi connectivity index (χ1v) is 8.22. The van der Waals surface area contributed by atoms with Gasteiger partial charge in [0.2, 0.25) is 0 Å². The van der Waals surface area contributed by atoms with E-state index in [0.29, 0.717) is 17.7 Å². The number of carbonyl (C=O) groups excluding carboxylic acids is 1. The van der Waals surface area contributed by atoms with Gasteiger partial charge >= 0.3 is 11.7 Å². The molecule has 0 saturated heterocycles. The average Bonchev–Trinajstić information content (AvgIpc) is 2.60. The average molecular weight is 329 g/mol. The molecule has 1 aromatic heterocycles. The van der Waals surface area contributed by atoms with Crippen molar-refractivity contribution in [2.75, 3.05) is 6.54 Å². The lowest BCUT2D eigenvalue weighted by Gasteiger charge is -2.11. The van der Waals surface area contributed by atoms with Gasteiger partial charge in [-0.05, 0) is 12.0 Å². The number of hydrogen-bond acceptors (Lipinski definition) is 3. The van der Waals surface area contributed by atoms with Crippen molar-refractivity contribution < 1.29 is 4.79 Å². The highest BCUT2D eigenvalue weighted by molar-refractivity contribution is 5.77. The van der Waals surface area contributed by atoms with Gasteiger partial charge in [0.1, 0.15) is 0 Å². The molecule has 0 aliphatic heterocycles. The maximum absolute atomic E-state index is 12.3. The van der Waals surface area contributed by atoms with Gasteiger partial charge in [0.25, 0.3) is 5.56 Å². The van der Waals surface area contributed by atoms with E-state index < -0.39 is 17.3 Å². The summed E-state index contributed by atoms with van der Waals surface area (Å²) in [5.41, 5.74) is -0.0784. The fourth-order valence-corrected chi connectivity index (χ4v) is 2.46. The Kier molecular flexibility index (Phi) is 6.12. The summed E-state index contributed by atoms with van der Waals surface area (Å²) in [5, 5.41) is 2.73. The molecule has 0 spiro atoms. The summed E-state index contributed by atoms with van der Waals surface area (Å²) in [6.45, 7) is 2.63. The summed E-state index contributed by atoms with van der Waals surface area (Å²) < 4.78 is 1.92. The smallest absolute Gasteiger partial charge is 0.337 e. The molecule has 0 atom stereocenters. The number of nitrogens with one attached hydrogen (secondary N) is 1. The number of nitrogens with zero attached hydrogens (tertiary/aromatic N) is 2. The van der Waals surface area contributed by atoms with Crippen LogP contribution in [-0.4, -0.2) is 21.7 Å². The number of unbranched alkanes of at least 4 members (excludes halogenated alkanes) is 3. The van der Waals surface area contributed by atoms with Crippen LogP contribution in [0.3, 0.4) is 0 Å². The molecule has 1 N–H and O–H groups in total. The molecule has 6 heteroatoms. The van der Waals surface area contributed by atoms with Crippen LogP contribution in [0.2, 0.25) is 0 Å². The second-order valence-electron chi connectivity index (χ2n) is 5.72. The molecule has 0 aliphatic carbocycles. The lowest BCUT2D eigenvalue weighted by molar-refractivity contribution is 0.240. The second kappa shape index (κ2) is 8.29. The predicted molar refractivity (Wildman–Crippen MR) is 94.3 cm³/mol. The zero-order valence-corrected chi connectivity index (χ0v) is 14.1. The fourth-order valence-electron chi connectivity index (χ4n) is 2.46. The molecule has 2 aromatic rings. The van der Waals surface area contributed by atoms with Crippen LogP contribution in [-0.2, 0) is 7.05 Å². The Morgan fingerprint density at radius 2 is 1.79 bits per heavy atom. The van der Waals surface area contributed by atoms with Crippen molar-refractivity contribution in [2.24, 2.45) is 7.05 Å². The predicted octanol–water partition coefficient (Wildman–Crippen LogP) is 2.35. The maximum Gasteiger partial charge on any atom is 0.339 e. The number of rotatable bonds is 6. The molecule has 0 radical (unpaired) electrons. The third-order valence-corrected chi connectivity index (χ3v) is 3.90. The highest BCUT2D eigenvalue weighted by Crippen LogP contribution is 2.13. The van der Waals surface area contributed by atoms with E-state index in [1.165, 1.54) is 13.2 Å². The highest BCUT2D eigenvalue weighted by Gasteiger charge is 2.14. The van der Waals surface area contributed by atoms with Crippen LogP contribution in [0.5, 0.6) is 0 Å². The summed E-state index contributed by atoms with van der Waals surface area (Å²) in [5.74, 6) is 0. The van der Waals surface area contributed by atoms with E-state index in [1.54, 1.807) is 24.3 Å². The van der Waals surface area contributed by atoms with Crippen molar-refractivity contribution in [1.29, 1.82) is 0 Å². The topological polar surface area (TPSA) is 73.1 Å². The summed E-state index contributed by atoms with van der Waals surface area (Å²) in [6.07, 6.45) is 5.46. The van der Waals surface area contributed by atoms with Gasteiger partial charge in [0.15, 0.2) is 0 Å². The Bertz CT molecular complexity index is 806. The van der Waals surface area contributed by atoms with Crippen LogP contribution in [0.4, 0.5) is 4.79 Å². The minimum absolute atomic E-state index is 0.318. The van der Waals surface area contributed by atoms with Crippen molar-refractivity contribution in [2.45, 2.75) is 32.6 Å². The molecule has 0 bridgehead atoms. The van der Waals surface area contributed by atoms with Gasteiger partial charge in [-0.25, -0.2) is 14.2 Å². The quantitative estimate of drug-likeness (QED) is 0.827. The van der Waals surface area contributed by atoms with Gasteiger partial charge < -0.3 is 5.32 Å². The molecule has 1 amide bonds. The summed E-state index contributed by atoms with van der Waals surface area (Å²) in [6, 6.07) is 8.48. The molecule has 6 nitrogen and oxygen atoms in total. The van der Waals surface area contributed by atoms with Gasteiger partial charge in [-0.2, -0.15) is 0 Å². The van der Waals surface area contributed by atoms with Gasteiger partial charge in [-0.15, -0.1) is 0 Å². The summed E-state index contributed by atoms with van der Waals surface area (Å²) in [7, 11) is 1.38. The molecule has 128 valence electrons. The number of benzene rings is 1. The van der Waals surface area contributed by atoms with E-state index in [1.807, 2.05) is 6.07 Å². The van der Waals surface area contributed by atoms with Gasteiger partial charge in [-0.3, -0.25) is 9.36 Å². The molecule has 1 heterocycles. The molecule has 0 fully saturated rings. The second-order valence-corrected chi connectivity index (χ2v) is 5.72. The van der Waals surface area contributed by atoms with Crippen molar-refractivity contribution >= 4 is 6.03 Å². The highest BCUT2D eigenvalue weighted by atomic mass is 16.2. The molecular weight excluding hydrogens is 306 g/mol. The third kappa shape index (κ3) is 4.01. The third-order valence-electron chi connectivity index (χ3n) is 3.90. The van der Waals surface area contributed by atoms with Crippen molar-refractivity contribution in [1.82, 2.24) is 14.5 Å². The monoisotopic (exact) mass is 329 g/mol. The SMILES string of the molecule is CCCCCCNC(=O)n1cc(-c2ccccc2)c(=O)n(C)c1=O. The van der Waals surface area contributed by atoms with Crippen LogP contribution in [0.15, 0.2) is 46.1 Å². The zero-order valence-electron chi connectivity index (χ0n) is 14.1. The van der Waals surface area contributed by atoms with Gasteiger partial charge in [0, 0.05) is 19.8 Å². The number of carbonyl (C=O) groups is 1. The van der Waals surface area contributed by atoms with Gasteiger partial charge in [-0.1, -0.05) is 56.5 Å². The van der Waals surface area contributed by atoms with E-state index in [-0.39, 0.29) is 0 Å². The molecule has 0 saturated carbocycles. The lowest BCUT2D eigenvalue weighted by Crippen LogP contribution is -2.44. The molecular formula is C18H23N3O3. The molecule has 0 aliphatic rings. The van der Waals surface area contributed by atoms with Crippen LogP contribution in [0.1, 0.15) is 32.6 Å². The van der Waals surface area contributed by atoms with Gasteiger partial charge in [0.05, 0.1) is 5.56 Å². The Hall–Kier alpha value is -2.63. The fraction of sp³-hybridized carbons (Fsp3) is 0.389. The zero-order chi connectivity index (χ0) is 17.5. The lowest BCUT2D eigenvalue weighted by atomic mass is 10.1. The van der Waals surface area contributed by atoms with E-state index in [4.69, 9.17) is 0 Å². The van der Waals surface area contributed by atoms with Crippen molar-refractivity contribution in [3.05, 3.63) is 57.4 Å². The first-order chi connectivity index (χ1) is 11.6. The van der Waals surface area contributed by atoms with Crippen LogP contribution < -0.4 is 16.6 Å². The molecule has 1 aromatic carbocycles. The van der Waals surface area contributed by atoms with E-state index in [0.717, 1.165) is 34.8 Å². The molecule has 0 unspecified atom stereocenters. The molecule has 2 rings (SSSR count). The minimum atomic E-state index is -0.647. The Labute approximate surface area is 140 Å². The van der Waals surface area contributed by atoms with Crippen LogP contribution in [0, 0.1) is 0 Å². The minimum Gasteiger partial charge on any atom is -0.337 e. The van der Waals surface area contributed by atoms with E-state index in [9.17, 15) is 14.4 Å². The van der Waals surface area contributed by atoms with Crippen molar-refractivity contribution in [3.63, 3.8) is 0 Å². The normalized spacial score (nSPS) is 10.6. The largest absolute Gasteiger partial charge is 0.339 e. The number of hydrogen-bond donors (Lipinski definition) is 1. The van der Waals surface area contributed by atoms with Crippen LogP contribution >= 0.6 is 0 Å². The first kappa shape index (κ1) is 17.7. The first-order valence-electron chi connectivity index (χ1n) is 8.22. The molecule has 24 heavy (non-hydrogen) atoms. The van der Waals surface area contributed by atoms with E-state index in [2.05, 4.69) is 12.2 Å². The Morgan fingerprint density at radius 1 is 1.08 bits per heavy atom. The van der Waals surface area contributed by atoms with Crippen molar-refractivity contribution in [3.8, 4) is 11.1 Å². The number of aromatic nitrogens is 2. The van der Waals surface area contributed by atoms with Crippen LogP contribution in [0.25, 0.3) is 11.1 Å². The summed E-state index contributed by atoms with van der Waals surface area (Å²) in [4.78, 5) is 36.8. The summed E-state index contributed by atoms with van der Waals surface area (Å²) >= 11 is 0. The Morgan fingerprint density at radius 3 is 2.46 bits per heavy atom. The van der Waals surface area contributed by atoms with E-state index >= 15 is 0 Å². The Balaban J connectivity index is 2.27. The maximum atomic E-state index is 12.3.